The highest BCUT2D eigenvalue weighted by Gasteiger charge is 2.33. The molecule has 1 aliphatic heterocycles. The molecule has 24 heavy (non-hydrogen) atoms. The summed E-state index contributed by atoms with van der Waals surface area (Å²) < 4.78 is 2.88. The Kier molecular flexibility index (Phi) is 4.29. The van der Waals surface area contributed by atoms with Gasteiger partial charge in [-0.05, 0) is 42.7 Å². The van der Waals surface area contributed by atoms with Gasteiger partial charge in [-0.1, -0.05) is 55.0 Å². The minimum Gasteiger partial charge on any atom is -0.351 e. The highest BCUT2D eigenvalue weighted by atomic mass is 32.2. The monoisotopic (exact) mass is 354 g/mol. The molecule has 2 aliphatic rings. The van der Waals surface area contributed by atoms with Crippen LogP contribution in [0.2, 0.25) is 0 Å². The van der Waals surface area contributed by atoms with Crippen molar-refractivity contribution in [3.63, 3.8) is 0 Å². The number of rotatable bonds is 3. The van der Waals surface area contributed by atoms with Gasteiger partial charge in [0.05, 0.1) is 10.6 Å². The number of amides is 1. The Balaban J connectivity index is 1.57. The first-order chi connectivity index (χ1) is 11.7. The second kappa shape index (κ2) is 6.57. The van der Waals surface area contributed by atoms with Crippen LogP contribution in [-0.2, 0) is 4.79 Å². The summed E-state index contributed by atoms with van der Waals surface area (Å²) in [6.07, 6.45) is 11.4. The number of thioether (sulfide) groups is 1. The summed E-state index contributed by atoms with van der Waals surface area (Å²) >= 11 is 6.78. The molecule has 122 valence electrons. The first-order valence-electron chi connectivity index (χ1n) is 8.23. The number of benzene rings is 1. The third kappa shape index (κ3) is 2.94. The van der Waals surface area contributed by atoms with Crippen LogP contribution in [0.25, 0.3) is 6.08 Å². The second-order valence-electron chi connectivity index (χ2n) is 6.18. The molecule has 1 aliphatic carbocycles. The average Bonchev–Trinajstić information content (AvgIpc) is 3.31. The number of carbonyl (C=O) groups excluding carboxylic acids is 1. The number of aromatic nitrogens is 1. The summed E-state index contributed by atoms with van der Waals surface area (Å²) in [4.78, 5) is 15.0. The van der Waals surface area contributed by atoms with Crippen molar-refractivity contribution in [1.29, 1.82) is 0 Å². The van der Waals surface area contributed by atoms with E-state index in [9.17, 15) is 4.79 Å². The van der Waals surface area contributed by atoms with Crippen molar-refractivity contribution >= 4 is 46.0 Å². The molecule has 0 unspecified atom stereocenters. The topological polar surface area (TPSA) is 25.2 Å². The highest BCUT2D eigenvalue weighted by molar-refractivity contribution is 8.27. The van der Waals surface area contributed by atoms with E-state index in [0.717, 1.165) is 11.3 Å². The van der Waals surface area contributed by atoms with E-state index >= 15 is 0 Å². The molecule has 1 aromatic heterocycles. The van der Waals surface area contributed by atoms with Crippen LogP contribution in [0.15, 0.2) is 53.7 Å². The predicted molar refractivity (Wildman–Crippen MR) is 104 cm³/mol. The summed E-state index contributed by atoms with van der Waals surface area (Å²) in [6.45, 7) is 0. The Bertz CT molecular complexity index is 804. The number of nitrogens with zero attached hydrogens (tertiary/aromatic N) is 2. The standard InChI is InChI=1S/C19H18N2OS2/c22-18-17(24-19(23)21(18)16-8-2-1-3-9-16)12-14-10-11-20(13-14)15-6-4-5-7-15/h1-3,8-13,15H,4-7H2/b17-12+. The summed E-state index contributed by atoms with van der Waals surface area (Å²) in [6, 6.07) is 12.3. The molecule has 3 nitrogen and oxygen atoms in total. The Morgan fingerprint density at radius 2 is 1.88 bits per heavy atom. The number of anilines is 1. The smallest absolute Gasteiger partial charge is 0.270 e. The molecule has 0 bridgehead atoms. The zero-order valence-electron chi connectivity index (χ0n) is 13.2. The van der Waals surface area contributed by atoms with E-state index in [1.54, 1.807) is 4.90 Å². The van der Waals surface area contributed by atoms with Crippen molar-refractivity contribution in [2.45, 2.75) is 31.7 Å². The van der Waals surface area contributed by atoms with Crippen molar-refractivity contribution in [3.05, 3.63) is 59.3 Å². The minimum atomic E-state index is -0.0372. The third-order valence-corrected chi connectivity index (χ3v) is 5.89. The second-order valence-corrected chi connectivity index (χ2v) is 7.86. The van der Waals surface area contributed by atoms with Crippen molar-refractivity contribution in [3.8, 4) is 0 Å². The van der Waals surface area contributed by atoms with Crippen LogP contribution >= 0.6 is 24.0 Å². The molecule has 1 saturated carbocycles. The molecule has 1 amide bonds. The quantitative estimate of drug-likeness (QED) is 0.572. The lowest BCUT2D eigenvalue weighted by Gasteiger charge is -2.13. The lowest BCUT2D eigenvalue weighted by Crippen LogP contribution is -2.27. The zero-order valence-corrected chi connectivity index (χ0v) is 14.9. The van der Waals surface area contributed by atoms with Gasteiger partial charge < -0.3 is 4.57 Å². The Morgan fingerprint density at radius 3 is 2.62 bits per heavy atom. The van der Waals surface area contributed by atoms with Gasteiger partial charge in [0.25, 0.3) is 5.91 Å². The van der Waals surface area contributed by atoms with Crippen molar-refractivity contribution < 1.29 is 4.79 Å². The average molecular weight is 354 g/mol. The molecule has 2 heterocycles. The van der Waals surface area contributed by atoms with E-state index in [2.05, 4.69) is 23.0 Å². The molecule has 4 rings (SSSR count). The molecule has 0 spiro atoms. The summed E-state index contributed by atoms with van der Waals surface area (Å²) in [5.74, 6) is -0.0372. The maximum atomic E-state index is 12.7. The van der Waals surface area contributed by atoms with Gasteiger partial charge in [-0.3, -0.25) is 9.69 Å². The number of para-hydroxylation sites is 1. The SMILES string of the molecule is O=C1/C(=C\c2ccn(C3CCCC3)c2)SC(=S)N1c1ccccc1. The van der Waals surface area contributed by atoms with E-state index < -0.39 is 0 Å². The van der Waals surface area contributed by atoms with Gasteiger partial charge >= 0.3 is 0 Å². The Hall–Kier alpha value is -1.85. The summed E-state index contributed by atoms with van der Waals surface area (Å²) in [5.41, 5.74) is 1.89. The van der Waals surface area contributed by atoms with Gasteiger partial charge in [0.15, 0.2) is 4.32 Å². The Labute approximate surface area is 151 Å². The maximum Gasteiger partial charge on any atom is 0.270 e. The van der Waals surface area contributed by atoms with Crippen LogP contribution in [0.3, 0.4) is 0 Å². The molecule has 1 aromatic carbocycles. The lowest BCUT2D eigenvalue weighted by atomic mass is 10.2. The number of thiocarbonyl (C=S) groups is 1. The molecule has 0 atom stereocenters. The minimum absolute atomic E-state index is 0.0372. The van der Waals surface area contributed by atoms with Gasteiger partial charge in [-0.15, -0.1) is 0 Å². The van der Waals surface area contributed by atoms with Crippen LogP contribution in [0, 0.1) is 0 Å². The third-order valence-electron chi connectivity index (χ3n) is 4.59. The predicted octanol–water partition coefficient (Wildman–Crippen LogP) is 5.01. The van der Waals surface area contributed by atoms with Gasteiger partial charge in [0.1, 0.15) is 0 Å². The van der Waals surface area contributed by atoms with Gasteiger partial charge in [0.2, 0.25) is 0 Å². The summed E-state index contributed by atoms with van der Waals surface area (Å²) in [5, 5.41) is 0. The molecule has 2 aromatic rings. The molecule has 2 fully saturated rings. The van der Waals surface area contributed by atoms with Crippen LogP contribution in [0.5, 0.6) is 0 Å². The Morgan fingerprint density at radius 1 is 1.12 bits per heavy atom. The van der Waals surface area contributed by atoms with Gasteiger partial charge in [0, 0.05) is 18.4 Å². The van der Waals surface area contributed by atoms with Gasteiger partial charge in [-0.2, -0.15) is 0 Å². The van der Waals surface area contributed by atoms with Crippen LogP contribution in [0.4, 0.5) is 5.69 Å². The molecular formula is C19H18N2OS2. The fourth-order valence-corrected chi connectivity index (χ4v) is 4.66. The lowest BCUT2D eigenvalue weighted by molar-refractivity contribution is -0.113. The van der Waals surface area contributed by atoms with Gasteiger partial charge in [-0.25, -0.2) is 0 Å². The molecule has 1 saturated heterocycles. The van der Waals surface area contributed by atoms with Crippen LogP contribution in [-0.4, -0.2) is 14.8 Å². The number of hydrogen-bond donors (Lipinski definition) is 0. The van der Waals surface area contributed by atoms with E-state index in [-0.39, 0.29) is 5.91 Å². The first-order valence-corrected chi connectivity index (χ1v) is 9.45. The van der Waals surface area contributed by atoms with E-state index in [0.29, 0.717) is 15.3 Å². The van der Waals surface area contributed by atoms with E-state index in [1.165, 1.54) is 37.4 Å². The zero-order chi connectivity index (χ0) is 16.5. The van der Waals surface area contributed by atoms with Crippen LogP contribution in [0.1, 0.15) is 37.3 Å². The van der Waals surface area contributed by atoms with Crippen molar-refractivity contribution in [1.82, 2.24) is 4.57 Å². The van der Waals surface area contributed by atoms with E-state index in [1.807, 2.05) is 36.4 Å². The maximum absolute atomic E-state index is 12.7. The van der Waals surface area contributed by atoms with Crippen LogP contribution < -0.4 is 4.90 Å². The van der Waals surface area contributed by atoms with Crippen molar-refractivity contribution in [2.24, 2.45) is 0 Å². The van der Waals surface area contributed by atoms with E-state index in [4.69, 9.17) is 12.2 Å². The molecule has 5 heteroatoms. The fraction of sp³-hybridized carbons (Fsp3) is 0.263. The number of hydrogen-bond acceptors (Lipinski definition) is 3. The molecule has 0 radical (unpaired) electrons. The molecule has 0 N–H and O–H groups in total. The van der Waals surface area contributed by atoms with Crippen molar-refractivity contribution in [2.75, 3.05) is 4.90 Å². The number of carbonyl (C=O) groups is 1. The largest absolute Gasteiger partial charge is 0.351 e. The fourth-order valence-electron chi connectivity index (χ4n) is 3.36. The normalized spacial score (nSPS) is 20.5. The highest BCUT2D eigenvalue weighted by Crippen LogP contribution is 2.36. The molecular weight excluding hydrogens is 336 g/mol. The summed E-state index contributed by atoms with van der Waals surface area (Å²) in [7, 11) is 0. The first kappa shape index (κ1) is 15.7.